The minimum atomic E-state index is -0.507. The molecule has 0 saturated heterocycles. The van der Waals surface area contributed by atoms with Crippen molar-refractivity contribution in [1.29, 1.82) is 0 Å². The Labute approximate surface area is 159 Å². The Kier molecular flexibility index (Phi) is 6.42. The molecule has 0 unspecified atom stereocenters. The summed E-state index contributed by atoms with van der Waals surface area (Å²) in [6.45, 7) is 0.250. The number of hydrogen-bond acceptors (Lipinski definition) is 4. The molecule has 0 heterocycles. The summed E-state index contributed by atoms with van der Waals surface area (Å²) in [5.41, 5.74) is 0.287. The number of carbonyl (C=O) groups excluding carboxylic acids is 2. The van der Waals surface area contributed by atoms with Crippen LogP contribution in [0, 0.1) is 22.0 Å². The monoisotopic (exact) mass is 373 g/mol. The summed E-state index contributed by atoms with van der Waals surface area (Å²) in [6.07, 6.45) is 8.91. The van der Waals surface area contributed by atoms with Crippen molar-refractivity contribution < 1.29 is 14.5 Å². The zero-order valence-corrected chi connectivity index (χ0v) is 15.5. The third-order valence-electron chi connectivity index (χ3n) is 5.88. The molecular formula is C20H27N3O4. The highest BCUT2D eigenvalue weighted by Crippen LogP contribution is 2.40. The van der Waals surface area contributed by atoms with E-state index in [2.05, 4.69) is 10.6 Å². The fourth-order valence-corrected chi connectivity index (χ4v) is 4.43. The Morgan fingerprint density at radius 2 is 1.74 bits per heavy atom. The van der Waals surface area contributed by atoms with Crippen molar-refractivity contribution in [2.24, 2.45) is 11.8 Å². The Morgan fingerprint density at radius 1 is 1.04 bits per heavy atom. The van der Waals surface area contributed by atoms with E-state index in [4.69, 9.17) is 0 Å². The Morgan fingerprint density at radius 3 is 2.44 bits per heavy atom. The van der Waals surface area contributed by atoms with Crippen LogP contribution in [0.5, 0.6) is 0 Å². The van der Waals surface area contributed by atoms with Crippen molar-refractivity contribution in [3.63, 3.8) is 0 Å². The molecule has 27 heavy (non-hydrogen) atoms. The molecule has 2 saturated carbocycles. The number of amides is 2. The number of nitrogens with zero attached hydrogens (tertiary/aromatic N) is 1. The second kappa shape index (κ2) is 8.97. The SMILES string of the molecule is O=C(CCNC(=O)c1ccc([N+](=O)[O-])cc1)N[C@@H]1CC[C@@H]2CCCC[C@@H]2C1. The number of non-ortho nitro benzene ring substituents is 1. The molecule has 2 aliphatic rings. The fourth-order valence-electron chi connectivity index (χ4n) is 4.43. The predicted molar refractivity (Wildman–Crippen MR) is 101 cm³/mol. The van der Waals surface area contributed by atoms with Crippen LogP contribution >= 0.6 is 0 Å². The van der Waals surface area contributed by atoms with E-state index in [0.29, 0.717) is 5.56 Å². The van der Waals surface area contributed by atoms with Crippen molar-refractivity contribution in [2.75, 3.05) is 6.54 Å². The number of fused-ring (bicyclic) bond motifs is 1. The molecular weight excluding hydrogens is 346 g/mol. The minimum absolute atomic E-state index is 0.0294. The maximum Gasteiger partial charge on any atom is 0.269 e. The zero-order chi connectivity index (χ0) is 19.2. The average Bonchev–Trinajstić information content (AvgIpc) is 2.68. The molecule has 2 amide bonds. The van der Waals surface area contributed by atoms with Gasteiger partial charge in [-0.05, 0) is 43.2 Å². The number of benzene rings is 1. The van der Waals surface area contributed by atoms with Crippen molar-refractivity contribution in [1.82, 2.24) is 10.6 Å². The van der Waals surface area contributed by atoms with E-state index in [1.165, 1.54) is 56.4 Å². The summed E-state index contributed by atoms with van der Waals surface area (Å²) < 4.78 is 0. The van der Waals surface area contributed by atoms with Gasteiger partial charge < -0.3 is 10.6 Å². The van der Waals surface area contributed by atoms with Crippen LogP contribution in [-0.4, -0.2) is 29.3 Å². The standard InChI is InChI=1S/C20H27N3O4/c24-19(22-17-8-5-14-3-1-2-4-16(14)13-17)11-12-21-20(25)15-6-9-18(10-7-15)23(26)27/h6-7,9-10,14,16-17H,1-5,8,11-13H2,(H,21,25)(H,22,24)/t14-,16+,17+/m0/s1. The van der Waals surface area contributed by atoms with Gasteiger partial charge in [0, 0.05) is 36.7 Å². The van der Waals surface area contributed by atoms with Crippen LogP contribution in [0.2, 0.25) is 0 Å². The number of nitrogens with one attached hydrogen (secondary N) is 2. The number of carbonyl (C=O) groups is 2. The van der Waals surface area contributed by atoms with E-state index in [1.807, 2.05) is 0 Å². The topological polar surface area (TPSA) is 101 Å². The lowest BCUT2D eigenvalue weighted by Gasteiger charge is -2.39. The van der Waals surface area contributed by atoms with Crippen LogP contribution in [0.1, 0.15) is 61.7 Å². The van der Waals surface area contributed by atoms with Gasteiger partial charge in [-0.25, -0.2) is 0 Å². The zero-order valence-electron chi connectivity index (χ0n) is 15.5. The lowest BCUT2D eigenvalue weighted by atomic mass is 9.69. The highest BCUT2D eigenvalue weighted by Gasteiger charge is 2.32. The second-order valence-corrected chi connectivity index (χ2v) is 7.69. The molecule has 0 aromatic heterocycles. The average molecular weight is 373 g/mol. The molecule has 3 rings (SSSR count). The molecule has 1 aromatic carbocycles. The van der Waals surface area contributed by atoms with Gasteiger partial charge in [0.1, 0.15) is 0 Å². The molecule has 0 aliphatic heterocycles. The lowest BCUT2D eigenvalue weighted by Crippen LogP contribution is -2.42. The molecule has 2 fully saturated rings. The van der Waals surface area contributed by atoms with Gasteiger partial charge in [0.25, 0.3) is 11.6 Å². The predicted octanol–water partition coefficient (Wildman–Crippen LogP) is 3.19. The Bertz CT molecular complexity index is 689. The first kappa shape index (κ1) is 19.3. The van der Waals surface area contributed by atoms with Gasteiger partial charge in [-0.1, -0.05) is 25.7 Å². The molecule has 7 heteroatoms. The van der Waals surface area contributed by atoms with Crippen LogP contribution < -0.4 is 10.6 Å². The fraction of sp³-hybridized carbons (Fsp3) is 0.600. The van der Waals surface area contributed by atoms with E-state index in [9.17, 15) is 19.7 Å². The molecule has 3 atom stereocenters. The largest absolute Gasteiger partial charge is 0.353 e. The quantitative estimate of drug-likeness (QED) is 0.590. The van der Waals surface area contributed by atoms with Crippen LogP contribution in [0.15, 0.2) is 24.3 Å². The minimum Gasteiger partial charge on any atom is -0.353 e. The third-order valence-corrected chi connectivity index (χ3v) is 5.88. The first-order valence-corrected chi connectivity index (χ1v) is 9.85. The smallest absolute Gasteiger partial charge is 0.269 e. The number of nitro groups is 1. The molecule has 0 radical (unpaired) electrons. The first-order valence-electron chi connectivity index (χ1n) is 9.85. The molecule has 1 aromatic rings. The summed E-state index contributed by atoms with van der Waals surface area (Å²) in [5.74, 6) is 1.26. The number of nitro benzene ring substituents is 1. The van der Waals surface area contributed by atoms with Gasteiger partial charge >= 0.3 is 0 Å². The molecule has 146 valence electrons. The van der Waals surface area contributed by atoms with E-state index in [0.717, 1.165) is 24.7 Å². The van der Waals surface area contributed by atoms with Gasteiger partial charge in [0.2, 0.25) is 5.91 Å². The Balaban J connectivity index is 1.37. The number of rotatable bonds is 6. The number of hydrogen-bond donors (Lipinski definition) is 2. The molecule has 2 aliphatic carbocycles. The van der Waals surface area contributed by atoms with Crippen molar-refractivity contribution in [2.45, 2.75) is 57.4 Å². The summed E-state index contributed by atoms with van der Waals surface area (Å²) in [5, 5.41) is 16.4. The van der Waals surface area contributed by atoms with Crippen LogP contribution in [-0.2, 0) is 4.79 Å². The van der Waals surface area contributed by atoms with Crippen LogP contribution in [0.25, 0.3) is 0 Å². The normalized spacial score (nSPS) is 24.5. The lowest BCUT2D eigenvalue weighted by molar-refractivity contribution is -0.384. The van der Waals surface area contributed by atoms with Crippen LogP contribution in [0.3, 0.4) is 0 Å². The summed E-state index contributed by atoms with van der Waals surface area (Å²) in [7, 11) is 0. The van der Waals surface area contributed by atoms with Crippen molar-refractivity contribution in [3.8, 4) is 0 Å². The summed E-state index contributed by atoms with van der Waals surface area (Å²) in [4.78, 5) is 34.3. The van der Waals surface area contributed by atoms with Gasteiger partial charge in [-0.3, -0.25) is 19.7 Å². The van der Waals surface area contributed by atoms with Gasteiger partial charge in [0.15, 0.2) is 0 Å². The van der Waals surface area contributed by atoms with Crippen LogP contribution in [0.4, 0.5) is 5.69 Å². The van der Waals surface area contributed by atoms with Gasteiger partial charge in [-0.15, -0.1) is 0 Å². The van der Waals surface area contributed by atoms with E-state index < -0.39 is 4.92 Å². The molecule has 2 N–H and O–H groups in total. The second-order valence-electron chi connectivity index (χ2n) is 7.69. The summed E-state index contributed by atoms with van der Waals surface area (Å²) in [6, 6.07) is 5.68. The molecule has 7 nitrogen and oxygen atoms in total. The maximum atomic E-state index is 12.2. The van der Waals surface area contributed by atoms with E-state index in [1.54, 1.807) is 0 Å². The first-order chi connectivity index (χ1) is 13.0. The van der Waals surface area contributed by atoms with Crippen molar-refractivity contribution in [3.05, 3.63) is 39.9 Å². The van der Waals surface area contributed by atoms with Gasteiger partial charge in [0.05, 0.1) is 4.92 Å². The van der Waals surface area contributed by atoms with Crippen molar-refractivity contribution >= 4 is 17.5 Å². The van der Waals surface area contributed by atoms with E-state index >= 15 is 0 Å². The highest BCUT2D eigenvalue weighted by molar-refractivity contribution is 5.94. The van der Waals surface area contributed by atoms with Gasteiger partial charge in [-0.2, -0.15) is 0 Å². The summed E-state index contributed by atoms with van der Waals surface area (Å²) >= 11 is 0. The molecule has 0 bridgehead atoms. The Hall–Kier alpha value is -2.44. The third kappa shape index (κ3) is 5.28. The highest BCUT2D eigenvalue weighted by atomic mass is 16.6. The maximum absolute atomic E-state index is 12.2. The van der Waals surface area contributed by atoms with E-state index in [-0.39, 0.29) is 36.5 Å². The molecule has 0 spiro atoms.